The molecule has 0 spiro atoms. The summed E-state index contributed by atoms with van der Waals surface area (Å²) in [5.74, 6) is -0.0941. The number of rotatable bonds is 8. The van der Waals surface area contributed by atoms with E-state index in [9.17, 15) is 4.79 Å². The van der Waals surface area contributed by atoms with Crippen LogP contribution in [0.1, 0.15) is 59.3 Å². The molecule has 1 fully saturated rings. The Hall–Kier alpha value is -0.610. The summed E-state index contributed by atoms with van der Waals surface area (Å²) in [6.45, 7) is 9.79. The molecule has 0 bridgehead atoms. The van der Waals surface area contributed by atoms with Gasteiger partial charge in [-0.25, -0.2) is 0 Å². The summed E-state index contributed by atoms with van der Waals surface area (Å²) in [7, 11) is 0. The Balaban J connectivity index is 2.44. The number of esters is 1. The highest BCUT2D eigenvalue weighted by molar-refractivity contribution is 5.75. The average Bonchev–Trinajstić information content (AvgIpc) is 2.64. The largest absolute Gasteiger partial charge is 0.465 e. The molecule has 0 aliphatic carbocycles. The van der Waals surface area contributed by atoms with Crippen LogP contribution < -0.4 is 5.32 Å². The van der Waals surface area contributed by atoms with Gasteiger partial charge in [0.05, 0.1) is 6.61 Å². The highest BCUT2D eigenvalue weighted by Crippen LogP contribution is 2.16. The number of carbonyl (C=O) groups excluding carboxylic acids is 1. The first-order valence-corrected chi connectivity index (χ1v) is 8.33. The molecule has 1 heterocycles. The zero-order chi connectivity index (χ0) is 14.8. The monoisotopic (exact) mass is 284 g/mol. The van der Waals surface area contributed by atoms with E-state index in [2.05, 4.69) is 24.1 Å². The van der Waals surface area contributed by atoms with Crippen molar-refractivity contribution in [1.29, 1.82) is 0 Å². The van der Waals surface area contributed by atoms with E-state index < -0.39 is 0 Å². The van der Waals surface area contributed by atoms with Crippen LogP contribution in [-0.2, 0) is 9.53 Å². The van der Waals surface area contributed by atoms with E-state index in [-0.39, 0.29) is 12.0 Å². The van der Waals surface area contributed by atoms with E-state index >= 15 is 0 Å². The van der Waals surface area contributed by atoms with Gasteiger partial charge in [0.25, 0.3) is 0 Å². The maximum atomic E-state index is 12.0. The van der Waals surface area contributed by atoms with Crippen LogP contribution in [0, 0.1) is 0 Å². The SMILES string of the molecule is CCCNC(CCN1CCCCCC1C)C(=O)OCC. The van der Waals surface area contributed by atoms with Gasteiger partial charge in [-0.15, -0.1) is 0 Å². The molecule has 0 aromatic carbocycles. The van der Waals surface area contributed by atoms with E-state index in [1.165, 1.54) is 32.2 Å². The summed E-state index contributed by atoms with van der Waals surface area (Å²) < 4.78 is 5.17. The van der Waals surface area contributed by atoms with Gasteiger partial charge >= 0.3 is 5.97 Å². The van der Waals surface area contributed by atoms with Crippen molar-refractivity contribution in [1.82, 2.24) is 10.2 Å². The molecule has 2 atom stereocenters. The summed E-state index contributed by atoms with van der Waals surface area (Å²) in [4.78, 5) is 14.5. The second-order valence-electron chi connectivity index (χ2n) is 5.78. The highest BCUT2D eigenvalue weighted by atomic mass is 16.5. The molecule has 0 amide bonds. The first-order valence-electron chi connectivity index (χ1n) is 8.33. The molecule has 2 unspecified atom stereocenters. The van der Waals surface area contributed by atoms with E-state index in [1.807, 2.05) is 6.92 Å². The molecule has 0 radical (unpaired) electrons. The third kappa shape index (κ3) is 6.23. The molecule has 0 aromatic heterocycles. The van der Waals surface area contributed by atoms with Crippen molar-refractivity contribution in [2.45, 2.75) is 71.4 Å². The highest BCUT2D eigenvalue weighted by Gasteiger charge is 2.22. The maximum absolute atomic E-state index is 12.0. The summed E-state index contributed by atoms with van der Waals surface area (Å²) in [6, 6.07) is 0.497. The number of likely N-dealkylation sites (tertiary alicyclic amines) is 1. The van der Waals surface area contributed by atoms with Gasteiger partial charge in [0.2, 0.25) is 0 Å². The number of nitrogens with one attached hydrogen (secondary N) is 1. The zero-order valence-electron chi connectivity index (χ0n) is 13.5. The number of carbonyl (C=O) groups is 1. The van der Waals surface area contributed by atoms with Gasteiger partial charge in [-0.1, -0.05) is 19.8 Å². The van der Waals surface area contributed by atoms with Crippen molar-refractivity contribution in [3.05, 3.63) is 0 Å². The third-order valence-electron chi connectivity index (χ3n) is 4.11. The number of hydrogen-bond donors (Lipinski definition) is 1. The van der Waals surface area contributed by atoms with Gasteiger partial charge in [0, 0.05) is 12.6 Å². The molecule has 118 valence electrons. The predicted molar refractivity (Wildman–Crippen MR) is 82.8 cm³/mol. The summed E-state index contributed by atoms with van der Waals surface area (Å²) in [5, 5.41) is 3.32. The zero-order valence-corrected chi connectivity index (χ0v) is 13.5. The van der Waals surface area contributed by atoms with E-state index in [1.54, 1.807) is 0 Å². The fourth-order valence-corrected chi connectivity index (χ4v) is 2.83. The Bertz CT molecular complexity index is 271. The molecule has 20 heavy (non-hydrogen) atoms. The second kappa shape index (κ2) is 10.2. The van der Waals surface area contributed by atoms with E-state index in [0.717, 1.165) is 25.9 Å². The van der Waals surface area contributed by atoms with Crippen molar-refractivity contribution in [3.8, 4) is 0 Å². The van der Waals surface area contributed by atoms with Gasteiger partial charge in [-0.3, -0.25) is 4.79 Å². The van der Waals surface area contributed by atoms with Crippen molar-refractivity contribution in [2.75, 3.05) is 26.2 Å². The van der Waals surface area contributed by atoms with Gasteiger partial charge in [0.15, 0.2) is 0 Å². The van der Waals surface area contributed by atoms with Crippen LogP contribution in [0.15, 0.2) is 0 Å². The Kier molecular flexibility index (Phi) is 8.86. The molecule has 1 aliphatic rings. The van der Waals surface area contributed by atoms with Crippen LogP contribution >= 0.6 is 0 Å². The Morgan fingerprint density at radius 2 is 2.15 bits per heavy atom. The first kappa shape index (κ1) is 17.4. The summed E-state index contributed by atoms with van der Waals surface area (Å²) in [6.07, 6.45) is 7.14. The Morgan fingerprint density at radius 1 is 1.35 bits per heavy atom. The topological polar surface area (TPSA) is 41.6 Å². The van der Waals surface area contributed by atoms with E-state index in [4.69, 9.17) is 4.74 Å². The van der Waals surface area contributed by atoms with Crippen LogP contribution in [0.2, 0.25) is 0 Å². The van der Waals surface area contributed by atoms with Crippen LogP contribution in [0.5, 0.6) is 0 Å². The number of hydrogen-bond acceptors (Lipinski definition) is 4. The molecule has 0 aromatic rings. The number of ether oxygens (including phenoxy) is 1. The summed E-state index contributed by atoms with van der Waals surface area (Å²) >= 11 is 0. The van der Waals surface area contributed by atoms with Gasteiger partial charge in [-0.05, 0) is 52.6 Å². The van der Waals surface area contributed by atoms with Crippen LogP contribution in [0.3, 0.4) is 0 Å². The maximum Gasteiger partial charge on any atom is 0.323 e. The normalized spacial score (nSPS) is 22.2. The minimum atomic E-state index is -0.148. The van der Waals surface area contributed by atoms with Gasteiger partial charge in [-0.2, -0.15) is 0 Å². The van der Waals surface area contributed by atoms with Crippen LogP contribution in [0.4, 0.5) is 0 Å². The first-order chi connectivity index (χ1) is 9.69. The molecule has 4 heteroatoms. The fourth-order valence-electron chi connectivity index (χ4n) is 2.83. The van der Waals surface area contributed by atoms with Crippen LogP contribution in [0.25, 0.3) is 0 Å². The Morgan fingerprint density at radius 3 is 2.85 bits per heavy atom. The molecular weight excluding hydrogens is 252 g/mol. The quantitative estimate of drug-likeness (QED) is 0.696. The smallest absolute Gasteiger partial charge is 0.323 e. The average molecular weight is 284 g/mol. The summed E-state index contributed by atoms with van der Waals surface area (Å²) in [5.41, 5.74) is 0. The van der Waals surface area contributed by atoms with Crippen molar-refractivity contribution < 1.29 is 9.53 Å². The lowest BCUT2D eigenvalue weighted by molar-refractivity contribution is -0.146. The predicted octanol–water partition coefficient (Wildman–Crippen LogP) is 2.57. The fraction of sp³-hybridized carbons (Fsp3) is 0.938. The molecule has 1 saturated heterocycles. The van der Waals surface area contributed by atoms with Crippen LogP contribution in [-0.4, -0.2) is 49.2 Å². The van der Waals surface area contributed by atoms with Crippen molar-refractivity contribution >= 4 is 5.97 Å². The lowest BCUT2D eigenvalue weighted by atomic mass is 10.1. The Labute approximate surface area is 124 Å². The molecule has 0 saturated carbocycles. The third-order valence-corrected chi connectivity index (χ3v) is 4.11. The van der Waals surface area contributed by atoms with Gasteiger partial charge < -0.3 is 15.0 Å². The van der Waals surface area contributed by atoms with E-state index in [0.29, 0.717) is 12.6 Å². The lowest BCUT2D eigenvalue weighted by Gasteiger charge is -2.28. The van der Waals surface area contributed by atoms with Crippen molar-refractivity contribution in [2.24, 2.45) is 0 Å². The number of nitrogens with zero attached hydrogens (tertiary/aromatic N) is 1. The second-order valence-corrected chi connectivity index (χ2v) is 5.78. The molecule has 1 rings (SSSR count). The molecule has 1 aliphatic heterocycles. The minimum Gasteiger partial charge on any atom is -0.465 e. The molecule has 1 N–H and O–H groups in total. The lowest BCUT2D eigenvalue weighted by Crippen LogP contribution is -2.43. The molecular formula is C16H32N2O2. The van der Waals surface area contributed by atoms with Gasteiger partial charge in [0.1, 0.15) is 6.04 Å². The molecule has 4 nitrogen and oxygen atoms in total. The minimum absolute atomic E-state index is 0.0941. The standard InChI is InChI=1S/C16H32N2O2/c1-4-11-17-15(16(19)20-5-2)10-13-18-12-8-6-7-9-14(18)3/h14-15,17H,4-13H2,1-3H3. The van der Waals surface area contributed by atoms with Crippen molar-refractivity contribution in [3.63, 3.8) is 0 Å².